The van der Waals surface area contributed by atoms with E-state index in [1.54, 1.807) is 13.8 Å². The zero-order valence-electron chi connectivity index (χ0n) is 9.36. The van der Waals surface area contributed by atoms with Gasteiger partial charge in [0.2, 0.25) is 5.91 Å². The average molecular weight is 219 g/mol. The largest absolute Gasteiger partial charge is 0.396 e. The van der Waals surface area contributed by atoms with Gasteiger partial charge in [-0.2, -0.15) is 0 Å². The predicted molar refractivity (Wildman–Crippen MR) is 56.2 cm³/mol. The van der Waals surface area contributed by atoms with Gasteiger partial charge >= 0.3 is 0 Å². The second-order valence-electron chi connectivity index (χ2n) is 4.03. The number of carbonyl (C=O) groups excluding carboxylic acids is 1. The molecule has 0 saturated carbocycles. The first kappa shape index (κ1) is 14.3. The lowest BCUT2D eigenvalue weighted by Gasteiger charge is -2.32. The quantitative estimate of drug-likeness (QED) is 0.454. The maximum absolute atomic E-state index is 11.5. The molecular formula is C10H21NO4. The van der Waals surface area contributed by atoms with Crippen molar-refractivity contribution >= 4 is 5.91 Å². The molecule has 0 aliphatic heterocycles. The summed E-state index contributed by atoms with van der Waals surface area (Å²) >= 11 is 0. The van der Waals surface area contributed by atoms with Crippen molar-refractivity contribution in [1.82, 2.24) is 5.32 Å². The van der Waals surface area contributed by atoms with Crippen molar-refractivity contribution in [3.05, 3.63) is 0 Å². The minimum Gasteiger partial charge on any atom is -0.396 e. The Morgan fingerprint density at radius 2 is 1.67 bits per heavy atom. The van der Waals surface area contributed by atoms with Gasteiger partial charge in [0, 0.05) is 19.1 Å². The molecule has 0 spiro atoms. The highest BCUT2D eigenvalue weighted by atomic mass is 16.3. The molecule has 0 aromatic heterocycles. The zero-order chi connectivity index (χ0) is 11.9. The van der Waals surface area contributed by atoms with Crippen molar-refractivity contribution in [3.8, 4) is 0 Å². The molecule has 0 aromatic rings. The van der Waals surface area contributed by atoms with Crippen molar-refractivity contribution in [1.29, 1.82) is 0 Å². The number of nitrogens with one attached hydrogen (secondary N) is 1. The molecule has 90 valence electrons. The summed E-state index contributed by atoms with van der Waals surface area (Å²) in [6.45, 7) is 2.93. The molecule has 0 fully saturated rings. The van der Waals surface area contributed by atoms with E-state index < -0.39 is 5.54 Å². The van der Waals surface area contributed by atoms with E-state index in [0.717, 1.165) is 0 Å². The topological polar surface area (TPSA) is 89.8 Å². The Morgan fingerprint density at radius 3 is 1.93 bits per heavy atom. The number of hydrogen-bond donors (Lipinski definition) is 4. The predicted octanol–water partition coefficient (Wildman–Crippen LogP) is -0.746. The van der Waals surface area contributed by atoms with Gasteiger partial charge in [0.25, 0.3) is 0 Å². The molecule has 0 heterocycles. The van der Waals surface area contributed by atoms with E-state index in [2.05, 4.69) is 5.32 Å². The lowest BCUT2D eigenvalue weighted by molar-refractivity contribution is -0.127. The zero-order valence-corrected chi connectivity index (χ0v) is 9.36. The van der Waals surface area contributed by atoms with Gasteiger partial charge in [0.15, 0.2) is 0 Å². The van der Waals surface area contributed by atoms with Crippen molar-refractivity contribution in [3.63, 3.8) is 0 Å². The molecule has 0 aromatic carbocycles. The monoisotopic (exact) mass is 219 g/mol. The van der Waals surface area contributed by atoms with Crippen molar-refractivity contribution in [2.75, 3.05) is 19.8 Å². The van der Waals surface area contributed by atoms with Crippen LogP contribution in [0.1, 0.15) is 26.7 Å². The molecule has 1 amide bonds. The van der Waals surface area contributed by atoms with Crippen LogP contribution in [-0.4, -0.2) is 46.6 Å². The van der Waals surface area contributed by atoms with Crippen LogP contribution in [0.25, 0.3) is 0 Å². The van der Waals surface area contributed by atoms with Crippen molar-refractivity contribution in [2.24, 2.45) is 5.92 Å². The Bertz CT molecular complexity index is 188. The van der Waals surface area contributed by atoms with E-state index in [1.807, 2.05) is 0 Å². The number of amides is 1. The van der Waals surface area contributed by atoms with Crippen LogP contribution in [0.2, 0.25) is 0 Å². The fourth-order valence-electron chi connectivity index (χ4n) is 1.28. The fourth-order valence-corrected chi connectivity index (χ4v) is 1.28. The summed E-state index contributed by atoms with van der Waals surface area (Å²) in [6, 6.07) is 0. The van der Waals surface area contributed by atoms with Gasteiger partial charge in [0.1, 0.15) is 0 Å². The number of carbonyl (C=O) groups is 1. The molecule has 15 heavy (non-hydrogen) atoms. The first-order chi connectivity index (χ1) is 7.01. The standard InChI is InChI=1S/C10H21NO4/c1-8(2)9(15)11-10(7-14,3-5-12)4-6-13/h8,12-14H,3-7H2,1-2H3,(H,11,15). The van der Waals surface area contributed by atoms with Gasteiger partial charge in [-0.05, 0) is 12.8 Å². The summed E-state index contributed by atoms with van der Waals surface area (Å²) in [5.41, 5.74) is -0.898. The number of aliphatic hydroxyl groups is 3. The SMILES string of the molecule is CC(C)C(=O)NC(CO)(CCO)CCO. The lowest BCUT2D eigenvalue weighted by Crippen LogP contribution is -2.53. The minimum absolute atomic E-state index is 0.140. The van der Waals surface area contributed by atoms with E-state index in [-0.39, 0.29) is 44.5 Å². The molecule has 0 rings (SSSR count). The summed E-state index contributed by atoms with van der Waals surface area (Å²) in [7, 11) is 0. The molecule has 5 heteroatoms. The Balaban J connectivity index is 4.52. The van der Waals surface area contributed by atoms with E-state index in [1.165, 1.54) is 0 Å². The molecule has 0 bridgehead atoms. The van der Waals surface area contributed by atoms with Gasteiger partial charge in [-0.25, -0.2) is 0 Å². The Labute approximate surface area is 90.1 Å². The molecule has 0 atom stereocenters. The average Bonchev–Trinajstić information content (AvgIpc) is 2.18. The highest BCUT2D eigenvalue weighted by Crippen LogP contribution is 2.15. The smallest absolute Gasteiger partial charge is 0.223 e. The molecular weight excluding hydrogens is 198 g/mol. The summed E-state index contributed by atoms with van der Waals surface area (Å²) < 4.78 is 0. The molecule has 0 unspecified atom stereocenters. The fraction of sp³-hybridized carbons (Fsp3) is 0.900. The Kier molecular flexibility index (Phi) is 6.47. The maximum Gasteiger partial charge on any atom is 0.223 e. The molecule has 5 nitrogen and oxygen atoms in total. The molecule has 4 N–H and O–H groups in total. The second-order valence-corrected chi connectivity index (χ2v) is 4.03. The van der Waals surface area contributed by atoms with Crippen molar-refractivity contribution in [2.45, 2.75) is 32.2 Å². The van der Waals surface area contributed by atoms with E-state index in [4.69, 9.17) is 10.2 Å². The van der Waals surface area contributed by atoms with Crippen LogP contribution < -0.4 is 5.32 Å². The highest BCUT2D eigenvalue weighted by Gasteiger charge is 2.30. The van der Waals surface area contributed by atoms with Gasteiger partial charge in [-0.1, -0.05) is 13.8 Å². The molecule has 0 saturated heterocycles. The second kappa shape index (κ2) is 6.76. The molecule has 0 radical (unpaired) electrons. The lowest BCUT2D eigenvalue weighted by atomic mass is 9.92. The van der Waals surface area contributed by atoms with Crippen LogP contribution in [-0.2, 0) is 4.79 Å². The van der Waals surface area contributed by atoms with Gasteiger partial charge in [-0.15, -0.1) is 0 Å². The first-order valence-electron chi connectivity index (χ1n) is 5.16. The Morgan fingerprint density at radius 1 is 1.20 bits per heavy atom. The summed E-state index contributed by atoms with van der Waals surface area (Å²) in [5, 5.41) is 29.6. The van der Waals surface area contributed by atoms with Crippen LogP contribution in [0.3, 0.4) is 0 Å². The number of rotatable bonds is 7. The Hall–Kier alpha value is -0.650. The van der Waals surface area contributed by atoms with Crippen LogP contribution in [0.15, 0.2) is 0 Å². The molecule has 0 aliphatic carbocycles. The number of aliphatic hydroxyl groups excluding tert-OH is 3. The third-order valence-corrected chi connectivity index (χ3v) is 2.40. The van der Waals surface area contributed by atoms with E-state index in [9.17, 15) is 9.90 Å². The van der Waals surface area contributed by atoms with Crippen LogP contribution in [0.4, 0.5) is 0 Å². The van der Waals surface area contributed by atoms with E-state index >= 15 is 0 Å². The van der Waals surface area contributed by atoms with E-state index in [0.29, 0.717) is 0 Å². The van der Waals surface area contributed by atoms with Gasteiger partial charge < -0.3 is 20.6 Å². The third-order valence-electron chi connectivity index (χ3n) is 2.40. The van der Waals surface area contributed by atoms with Crippen LogP contribution in [0.5, 0.6) is 0 Å². The highest BCUT2D eigenvalue weighted by molar-refractivity contribution is 5.78. The third kappa shape index (κ3) is 4.59. The minimum atomic E-state index is -0.898. The van der Waals surface area contributed by atoms with Gasteiger partial charge in [-0.3, -0.25) is 4.79 Å². The summed E-state index contributed by atoms with van der Waals surface area (Å²) in [6.07, 6.45) is 0.477. The number of hydrogen-bond acceptors (Lipinski definition) is 4. The van der Waals surface area contributed by atoms with Crippen LogP contribution in [0, 0.1) is 5.92 Å². The van der Waals surface area contributed by atoms with Crippen molar-refractivity contribution < 1.29 is 20.1 Å². The normalized spacial score (nSPS) is 11.9. The first-order valence-corrected chi connectivity index (χ1v) is 5.16. The summed E-state index contributed by atoms with van der Waals surface area (Å²) in [4.78, 5) is 11.5. The molecule has 0 aliphatic rings. The van der Waals surface area contributed by atoms with Gasteiger partial charge in [0.05, 0.1) is 12.1 Å². The summed E-state index contributed by atoms with van der Waals surface area (Å²) in [5.74, 6) is -0.376. The maximum atomic E-state index is 11.5. The van der Waals surface area contributed by atoms with Crippen LogP contribution >= 0.6 is 0 Å².